The van der Waals surface area contributed by atoms with E-state index in [1.807, 2.05) is 4.90 Å². The molecule has 1 aliphatic heterocycles. The van der Waals surface area contributed by atoms with E-state index < -0.39 is 11.9 Å². The van der Waals surface area contributed by atoms with Gasteiger partial charge in [0.2, 0.25) is 5.91 Å². The normalized spacial score (nSPS) is 17.2. The average molecular weight is 286 g/mol. The van der Waals surface area contributed by atoms with Crippen molar-refractivity contribution in [1.29, 1.82) is 0 Å². The van der Waals surface area contributed by atoms with Crippen molar-refractivity contribution in [2.24, 2.45) is 5.92 Å². The third-order valence-electron chi connectivity index (χ3n) is 3.50. The maximum atomic E-state index is 12.2. The molecule has 0 aromatic heterocycles. The van der Waals surface area contributed by atoms with Gasteiger partial charge in [0.05, 0.1) is 25.7 Å². The summed E-state index contributed by atoms with van der Waals surface area (Å²) < 4.78 is 5.23. The lowest BCUT2D eigenvalue weighted by Gasteiger charge is -2.30. The van der Waals surface area contributed by atoms with Crippen LogP contribution in [0.2, 0.25) is 0 Å². The van der Waals surface area contributed by atoms with E-state index in [0.717, 1.165) is 19.4 Å². The first-order valence-electron chi connectivity index (χ1n) is 7.35. The van der Waals surface area contributed by atoms with Crippen molar-refractivity contribution in [2.75, 3.05) is 45.9 Å². The zero-order chi connectivity index (χ0) is 15.0. The number of amides is 1. The second-order valence-electron chi connectivity index (χ2n) is 5.32. The summed E-state index contributed by atoms with van der Waals surface area (Å²) in [4.78, 5) is 26.9. The Morgan fingerprint density at radius 3 is 2.55 bits per heavy atom. The van der Waals surface area contributed by atoms with Crippen LogP contribution < -0.4 is 0 Å². The van der Waals surface area contributed by atoms with Gasteiger partial charge in [-0.3, -0.25) is 14.5 Å². The molecule has 6 heteroatoms. The molecule has 1 fully saturated rings. The number of hydrogen-bond acceptors (Lipinski definition) is 4. The van der Waals surface area contributed by atoms with Gasteiger partial charge in [-0.2, -0.15) is 0 Å². The van der Waals surface area contributed by atoms with E-state index >= 15 is 0 Å². The molecule has 116 valence electrons. The predicted molar refractivity (Wildman–Crippen MR) is 75.5 cm³/mol. The lowest BCUT2D eigenvalue weighted by Crippen LogP contribution is -2.47. The molecule has 1 saturated heterocycles. The van der Waals surface area contributed by atoms with Crippen molar-refractivity contribution in [1.82, 2.24) is 9.80 Å². The van der Waals surface area contributed by atoms with Crippen LogP contribution in [0.4, 0.5) is 0 Å². The van der Waals surface area contributed by atoms with Crippen molar-refractivity contribution >= 4 is 11.9 Å². The van der Waals surface area contributed by atoms with Crippen LogP contribution in [0.1, 0.15) is 26.7 Å². The molecule has 1 aliphatic rings. The van der Waals surface area contributed by atoms with Gasteiger partial charge in [0, 0.05) is 19.6 Å². The molecule has 1 rings (SSSR count). The molecular formula is C14H26N2O4. The van der Waals surface area contributed by atoms with Crippen molar-refractivity contribution in [3.05, 3.63) is 0 Å². The van der Waals surface area contributed by atoms with Crippen LogP contribution in [0, 0.1) is 5.92 Å². The first kappa shape index (κ1) is 16.9. The molecule has 0 spiro atoms. The van der Waals surface area contributed by atoms with Crippen LogP contribution in [0.5, 0.6) is 0 Å². The molecule has 6 nitrogen and oxygen atoms in total. The molecule has 1 N–H and O–H groups in total. The minimum Gasteiger partial charge on any atom is -0.481 e. The van der Waals surface area contributed by atoms with Gasteiger partial charge >= 0.3 is 5.97 Å². The lowest BCUT2D eigenvalue weighted by atomic mass is 10.1. The first-order chi connectivity index (χ1) is 9.54. The lowest BCUT2D eigenvalue weighted by molar-refractivity contribution is -0.143. The SMILES string of the molecule is CCCCN(CC(=O)N1CCOCC1)CC(C)C(=O)O. The van der Waals surface area contributed by atoms with Crippen LogP contribution >= 0.6 is 0 Å². The number of aliphatic carboxylic acids is 1. The highest BCUT2D eigenvalue weighted by atomic mass is 16.5. The number of morpholine rings is 1. The van der Waals surface area contributed by atoms with Crippen molar-refractivity contribution < 1.29 is 19.4 Å². The number of carbonyl (C=O) groups excluding carboxylic acids is 1. The summed E-state index contributed by atoms with van der Waals surface area (Å²) in [6.07, 6.45) is 2.01. The summed E-state index contributed by atoms with van der Waals surface area (Å²) in [5, 5.41) is 9.00. The molecule has 1 atom stereocenters. The summed E-state index contributed by atoms with van der Waals surface area (Å²) in [5.41, 5.74) is 0. The minimum absolute atomic E-state index is 0.0713. The Balaban J connectivity index is 2.49. The topological polar surface area (TPSA) is 70.1 Å². The van der Waals surface area contributed by atoms with E-state index in [1.54, 1.807) is 11.8 Å². The largest absolute Gasteiger partial charge is 0.481 e. The smallest absolute Gasteiger partial charge is 0.307 e. The molecule has 0 saturated carbocycles. The Bertz CT molecular complexity index is 316. The van der Waals surface area contributed by atoms with E-state index in [0.29, 0.717) is 39.4 Å². The fourth-order valence-electron chi connectivity index (χ4n) is 2.19. The maximum Gasteiger partial charge on any atom is 0.307 e. The standard InChI is InChI=1S/C14H26N2O4/c1-3-4-5-15(10-12(2)14(18)19)11-13(17)16-6-8-20-9-7-16/h12H,3-11H2,1-2H3,(H,18,19). The molecule has 1 unspecified atom stereocenters. The van der Waals surface area contributed by atoms with Gasteiger partial charge in [0.25, 0.3) is 0 Å². The van der Waals surface area contributed by atoms with Crippen LogP contribution in [0.25, 0.3) is 0 Å². The van der Waals surface area contributed by atoms with Gasteiger partial charge in [0.15, 0.2) is 0 Å². The van der Waals surface area contributed by atoms with E-state index in [-0.39, 0.29) is 5.91 Å². The third-order valence-corrected chi connectivity index (χ3v) is 3.50. The molecule has 0 bridgehead atoms. The van der Waals surface area contributed by atoms with E-state index in [2.05, 4.69) is 6.92 Å². The molecular weight excluding hydrogens is 260 g/mol. The zero-order valence-electron chi connectivity index (χ0n) is 12.5. The molecule has 0 aromatic carbocycles. The Hall–Kier alpha value is -1.14. The van der Waals surface area contributed by atoms with E-state index in [9.17, 15) is 9.59 Å². The maximum absolute atomic E-state index is 12.2. The number of rotatable bonds is 8. The highest BCUT2D eigenvalue weighted by molar-refractivity contribution is 5.78. The van der Waals surface area contributed by atoms with Crippen molar-refractivity contribution in [2.45, 2.75) is 26.7 Å². The number of ether oxygens (including phenoxy) is 1. The summed E-state index contributed by atoms with van der Waals surface area (Å²) >= 11 is 0. The van der Waals surface area contributed by atoms with E-state index in [4.69, 9.17) is 9.84 Å². The molecule has 0 aromatic rings. The Morgan fingerprint density at radius 2 is 2.00 bits per heavy atom. The quantitative estimate of drug-likeness (QED) is 0.710. The number of carbonyl (C=O) groups is 2. The fourth-order valence-corrected chi connectivity index (χ4v) is 2.19. The monoisotopic (exact) mass is 286 g/mol. The van der Waals surface area contributed by atoms with Gasteiger partial charge in [-0.25, -0.2) is 0 Å². The molecule has 0 aliphatic carbocycles. The van der Waals surface area contributed by atoms with Crippen molar-refractivity contribution in [3.8, 4) is 0 Å². The van der Waals surface area contributed by atoms with Gasteiger partial charge in [-0.05, 0) is 13.0 Å². The van der Waals surface area contributed by atoms with Crippen LogP contribution in [0.3, 0.4) is 0 Å². The summed E-state index contributed by atoms with van der Waals surface area (Å²) in [6.45, 7) is 7.71. The van der Waals surface area contributed by atoms with Gasteiger partial charge in [0.1, 0.15) is 0 Å². The van der Waals surface area contributed by atoms with E-state index in [1.165, 1.54) is 0 Å². The Labute approximate surface area is 120 Å². The number of hydrogen-bond donors (Lipinski definition) is 1. The average Bonchev–Trinajstić information content (AvgIpc) is 2.45. The number of carboxylic acid groups (broad SMARTS) is 1. The van der Waals surface area contributed by atoms with Crippen LogP contribution in [-0.2, 0) is 14.3 Å². The second kappa shape index (κ2) is 8.92. The molecule has 1 amide bonds. The van der Waals surface area contributed by atoms with Gasteiger partial charge in [-0.15, -0.1) is 0 Å². The van der Waals surface area contributed by atoms with Gasteiger partial charge < -0.3 is 14.7 Å². The summed E-state index contributed by atoms with van der Waals surface area (Å²) in [5.74, 6) is -1.20. The number of nitrogens with zero attached hydrogens (tertiary/aromatic N) is 2. The first-order valence-corrected chi connectivity index (χ1v) is 7.35. The second-order valence-corrected chi connectivity index (χ2v) is 5.32. The summed E-state index contributed by atoms with van der Waals surface area (Å²) in [6, 6.07) is 0. The summed E-state index contributed by atoms with van der Waals surface area (Å²) in [7, 11) is 0. The Kier molecular flexibility index (Phi) is 7.54. The molecule has 20 heavy (non-hydrogen) atoms. The number of carboxylic acids is 1. The molecule has 0 radical (unpaired) electrons. The zero-order valence-corrected chi connectivity index (χ0v) is 12.5. The highest BCUT2D eigenvalue weighted by Gasteiger charge is 2.22. The van der Waals surface area contributed by atoms with Gasteiger partial charge in [-0.1, -0.05) is 20.3 Å². The van der Waals surface area contributed by atoms with Crippen LogP contribution in [-0.4, -0.2) is 72.7 Å². The molecule has 1 heterocycles. The fraction of sp³-hybridized carbons (Fsp3) is 0.857. The minimum atomic E-state index is -0.815. The number of unbranched alkanes of at least 4 members (excludes halogenated alkanes) is 1. The Morgan fingerprint density at radius 1 is 1.35 bits per heavy atom. The van der Waals surface area contributed by atoms with Crippen LogP contribution in [0.15, 0.2) is 0 Å². The predicted octanol–water partition coefficient (Wildman–Crippen LogP) is 0.668. The van der Waals surface area contributed by atoms with Crippen molar-refractivity contribution in [3.63, 3.8) is 0 Å². The highest BCUT2D eigenvalue weighted by Crippen LogP contribution is 2.05. The third kappa shape index (κ3) is 5.88.